The predicted octanol–water partition coefficient (Wildman–Crippen LogP) is 3.11. The number of rotatable bonds is 3. The lowest BCUT2D eigenvalue weighted by Crippen LogP contribution is -2.22. The van der Waals surface area contributed by atoms with Gasteiger partial charge < -0.3 is 5.32 Å². The van der Waals surface area contributed by atoms with Crippen molar-refractivity contribution in [1.29, 1.82) is 0 Å². The first-order valence-electron chi connectivity index (χ1n) is 6.15. The zero-order valence-corrected chi connectivity index (χ0v) is 13.2. The monoisotopic (exact) mass is 323 g/mol. The lowest BCUT2D eigenvalue weighted by atomic mass is 10.1. The van der Waals surface area contributed by atoms with Gasteiger partial charge in [-0.15, -0.1) is 5.10 Å². The normalized spacial score (nSPS) is 11.6. The van der Waals surface area contributed by atoms with E-state index in [1.54, 1.807) is 0 Å². The van der Waals surface area contributed by atoms with E-state index in [1.165, 1.54) is 0 Å². The lowest BCUT2D eigenvalue weighted by Gasteiger charge is -2.17. The Balaban J connectivity index is 2.04. The molecule has 0 fully saturated rings. The minimum Gasteiger partial charge on any atom is -0.378 e. The van der Waals surface area contributed by atoms with Crippen molar-refractivity contribution in [2.24, 2.45) is 0 Å². The Hall–Kier alpha value is -1.43. The molecule has 5 nitrogen and oxygen atoms in total. The van der Waals surface area contributed by atoms with Crippen LogP contribution in [0.5, 0.6) is 0 Å². The number of nitrogens with one attached hydrogen (secondary N) is 1. The van der Waals surface area contributed by atoms with Crippen LogP contribution in [0.15, 0.2) is 22.9 Å². The Kier molecular flexibility index (Phi) is 3.89. The van der Waals surface area contributed by atoms with E-state index < -0.39 is 0 Å². The molecule has 0 bridgehead atoms. The minimum absolute atomic E-state index is 0.0413. The molecule has 0 radical (unpaired) electrons. The van der Waals surface area contributed by atoms with Crippen molar-refractivity contribution in [2.75, 3.05) is 5.32 Å². The Morgan fingerprint density at radius 2 is 2.05 bits per heavy atom. The minimum atomic E-state index is -0.0413. The van der Waals surface area contributed by atoms with Crippen LogP contribution in [0.3, 0.4) is 0 Å². The maximum atomic E-state index is 4.34. The van der Waals surface area contributed by atoms with Crippen LogP contribution < -0.4 is 5.32 Å². The van der Waals surface area contributed by atoms with Crippen LogP contribution in [0.2, 0.25) is 0 Å². The number of aryl methyl sites for hydroxylation is 1. The highest BCUT2D eigenvalue weighted by Crippen LogP contribution is 2.17. The topological polar surface area (TPSA) is 55.6 Å². The second kappa shape index (κ2) is 5.28. The first-order chi connectivity index (χ1) is 8.86. The van der Waals surface area contributed by atoms with Gasteiger partial charge in [0.1, 0.15) is 10.3 Å². The number of aromatic nitrogens is 4. The van der Waals surface area contributed by atoms with Crippen molar-refractivity contribution in [2.45, 2.75) is 39.8 Å². The number of hydrogen-bond donors (Lipinski definition) is 1. The Labute approximate surface area is 121 Å². The summed E-state index contributed by atoms with van der Waals surface area (Å²) < 4.78 is 2.71. The largest absolute Gasteiger partial charge is 0.378 e. The van der Waals surface area contributed by atoms with Gasteiger partial charge in [0.2, 0.25) is 0 Å². The summed E-state index contributed by atoms with van der Waals surface area (Å²) in [7, 11) is 0. The van der Waals surface area contributed by atoms with Gasteiger partial charge in [-0.2, -0.15) is 0 Å². The summed E-state index contributed by atoms with van der Waals surface area (Å²) in [6.07, 6.45) is 1.97. The predicted molar refractivity (Wildman–Crippen MR) is 79.0 cm³/mol. The maximum absolute atomic E-state index is 4.34. The van der Waals surface area contributed by atoms with Gasteiger partial charge in [0.05, 0.1) is 29.7 Å². The van der Waals surface area contributed by atoms with Gasteiger partial charge in [-0.3, -0.25) is 0 Å². The van der Waals surface area contributed by atoms with Gasteiger partial charge in [0.25, 0.3) is 0 Å². The van der Waals surface area contributed by atoms with E-state index in [0.29, 0.717) is 6.54 Å². The molecule has 0 unspecified atom stereocenters. The van der Waals surface area contributed by atoms with E-state index in [9.17, 15) is 0 Å². The Bertz CT molecular complexity index is 571. The van der Waals surface area contributed by atoms with Crippen LogP contribution >= 0.6 is 15.9 Å². The SMILES string of the molecule is Cc1nc(Br)ccc1NCc1cn(C(C)(C)C)nn1. The van der Waals surface area contributed by atoms with E-state index in [4.69, 9.17) is 0 Å². The summed E-state index contributed by atoms with van der Waals surface area (Å²) in [5.74, 6) is 0. The van der Waals surface area contributed by atoms with Gasteiger partial charge in [-0.25, -0.2) is 9.67 Å². The van der Waals surface area contributed by atoms with Crippen LogP contribution in [-0.4, -0.2) is 20.0 Å². The number of hydrogen-bond acceptors (Lipinski definition) is 4. The molecule has 1 N–H and O–H groups in total. The van der Waals surface area contributed by atoms with Crippen molar-refractivity contribution in [3.8, 4) is 0 Å². The molecule has 19 heavy (non-hydrogen) atoms. The molecule has 0 amide bonds. The van der Waals surface area contributed by atoms with Crippen molar-refractivity contribution in [3.05, 3.63) is 34.3 Å². The van der Waals surface area contributed by atoms with Gasteiger partial charge in [0, 0.05) is 0 Å². The molecule has 102 valence electrons. The highest BCUT2D eigenvalue weighted by molar-refractivity contribution is 9.10. The number of pyridine rings is 1. The zero-order valence-electron chi connectivity index (χ0n) is 11.6. The second-order valence-corrected chi connectivity index (χ2v) is 6.26. The third-order valence-electron chi connectivity index (χ3n) is 2.74. The third kappa shape index (κ3) is 3.53. The van der Waals surface area contributed by atoms with E-state index in [-0.39, 0.29) is 5.54 Å². The second-order valence-electron chi connectivity index (χ2n) is 5.45. The molecular weight excluding hydrogens is 306 g/mol. The van der Waals surface area contributed by atoms with Crippen LogP contribution in [0.25, 0.3) is 0 Å². The summed E-state index contributed by atoms with van der Waals surface area (Å²) in [6.45, 7) is 8.91. The highest BCUT2D eigenvalue weighted by atomic mass is 79.9. The number of halogens is 1. The summed E-state index contributed by atoms with van der Waals surface area (Å²) in [5.41, 5.74) is 2.84. The molecule has 6 heteroatoms. The first kappa shape index (κ1) is 14.0. The Morgan fingerprint density at radius 1 is 1.32 bits per heavy atom. The molecule has 2 aromatic rings. The molecule has 2 rings (SSSR count). The van der Waals surface area contributed by atoms with Gasteiger partial charge in [-0.1, -0.05) is 5.21 Å². The quantitative estimate of drug-likeness (QED) is 0.882. The van der Waals surface area contributed by atoms with Crippen LogP contribution in [-0.2, 0) is 12.1 Å². The number of anilines is 1. The molecule has 0 aliphatic heterocycles. The van der Waals surface area contributed by atoms with E-state index in [1.807, 2.05) is 29.9 Å². The lowest BCUT2D eigenvalue weighted by molar-refractivity contribution is 0.347. The molecule has 0 saturated heterocycles. The molecule has 0 aromatic carbocycles. The fourth-order valence-corrected chi connectivity index (χ4v) is 2.01. The molecule has 0 spiro atoms. The molecule has 2 heterocycles. The van der Waals surface area contributed by atoms with Gasteiger partial charge in [-0.05, 0) is 55.8 Å². The molecule has 0 aliphatic rings. The average molecular weight is 324 g/mol. The summed E-state index contributed by atoms with van der Waals surface area (Å²) in [6, 6.07) is 3.92. The van der Waals surface area contributed by atoms with Crippen molar-refractivity contribution in [3.63, 3.8) is 0 Å². The summed E-state index contributed by atoms with van der Waals surface area (Å²) in [5, 5.41) is 11.6. The van der Waals surface area contributed by atoms with Crippen molar-refractivity contribution < 1.29 is 0 Å². The fraction of sp³-hybridized carbons (Fsp3) is 0.462. The van der Waals surface area contributed by atoms with E-state index >= 15 is 0 Å². The van der Waals surface area contributed by atoms with Gasteiger partial charge >= 0.3 is 0 Å². The standard InChI is InChI=1S/C13H18BrN5/c1-9-11(5-6-12(14)16-9)15-7-10-8-19(18-17-10)13(2,3)4/h5-6,8,15H,7H2,1-4H3. The average Bonchev–Trinajstić information content (AvgIpc) is 2.76. The van der Waals surface area contributed by atoms with Gasteiger partial charge in [0.15, 0.2) is 0 Å². The van der Waals surface area contributed by atoms with Crippen LogP contribution in [0.4, 0.5) is 5.69 Å². The van der Waals surface area contributed by atoms with E-state index in [2.05, 4.69) is 57.3 Å². The number of nitrogens with zero attached hydrogens (tertiary/aromatic N) is 4. The zero-order chi connectivity index (χ0) is 14.0. The van der Waals surface area contributed by atoms with Crippen molar-refractivity contribution in [1.82, 2.24) is 20.0 Å². The molecule has 2 aromatic heterocycles. The third-order valence-corrected chi connectivity index (χ3v) is 3.18. The van der Waals surface area contributed by atoms with E-state index in [0.717, 1.165) is 21.7 Å². The van der Waals surface area contributed by atoms with Crippen LogP contribution in [0.1, 0.15) is 32.2 Å². The molecule has 0 aliphatic carbocycles. The molecular formula is C13H18BrN5. The molecule has 0 atom stereocenters. The molecule has 0 saturated carbocycles. The summed E-state index contributed by atoms with van der Waals surface area (Å²) in [4.78, 5) is 4.34. The smallest absolute Gasteiger partial charge is 0.106 e. The van der Waals surface area contributed by atoms with Crippen LogP contribution in [0, 0.1) is 6.92 Å². The fourth-order valence-electron chi connectivity index (χ4n) is 1.61. The first-order valence-corrected chi connectivity index (χ1v) is 6.94. The summed E-state index contributed by atoms with van der Waals surface area (Å²) >= 11 is 3.35. The Morgan fingerprint density at radius 3 is 2.63 bits per heavy atom. The van der Waals surface area contributed by atoms with Crippen molar-refractivity contribution >= 4 is 21.6 Å². The maximum Gasteiger partial charge on any atom is 0.106 e. The highest BCUT2D eigenvalue weighted by Gasteiger charge is 2.14.